The fourth-order valence-electron chi connectivity index (χ4n) is 2.44. The lowest BCUT2D eigenvalue weighted by Crippen LogP contribution is -2.41. The molecule has 1 heterocycles. The second-order valence-corrected chi connectivity index (χ2v) is 5.46. The van der Waals surface area contributed by atoms with Crippen LogP contribution in [0.3, 0.4) is 0 Å². The van der Waals surface area contributed by atoms with Crippen LogP contribution in [0.2, 0.25) is 0 Å². The maximum atomic E-state index is 5.62. The summed E-state index contributed by atoms with van der Waals surface area (Å²) >= 11 is 0. The molecule has 2 N–H and O–H groups in total. The first-order valence-corrected chi connectivity index (χ1v) is 8.02. The standard InChI is InChI=1S/C17H27N3O2/c1-3-18-17(20-12-16-5-4-10-22-16)19-11-14-6-8-15(9-7-14)13-21-2/h6-9,16H,3-5,10-13H2,1-2H3,(H2,18,19,20). The Morgan fingerprint density at radius 1 is 1.27 bits per heavy atom. The summed E-state index contributed by atoms with van der Waals surface area (Å²) in [4.78, 5) is 4.63. The summed E-state index contributed by atoms with van der Waals surface area (Å²) in [5, 5.41) is 6.63. The van der Waals surface area contributed by atoms with Crippen LogP contribution in [-0.4, -0.2) is 38.9 Å². The molecular formula is C17H27N3O2. The zero-order valence-electron chi connectivity index (χ0n) is 13.6. The third-order valence-electron chi connectivity index (χ3n) is 3.62. The largest absolute Gasteiger partial charge is 0.380 e. The topological polar surface area (TPSA) is 54.9 Å². The summed E-state index contributed by atoms with van der Waals surface area (Å²) in [7, 11) is 1.71. The predicted molar refractivity (Wildman–Crippen MR) is 88.9 cm³/mol. The molecule has 0 saturated carbocycles. The van der Waals surface area contributed by atoms with E-state index in [1.165, 1.54) is 11.1 Å². The SMILES string of the molecule is CCNC(=NCc1ccc(COC)cc1)NCC1CCCO1. The number of methoxy groups -OCH3 is 1. The fourth-order valence-corrected chi connectivity index (χ4v) is 2.44. The quantitative estimate of drug-likeness (QED) is 0.598. The number of nitrogens with zero attached hydrogens (tertiary/aromatic N) is 1. The van der Waals surface area contributed by atoms with Crippen LogP contribution in [0.25, 0.3) is 0 Å². The van der Waals surface area contributed by atoms with E-state index in [9.17, 15) is 0 Å². The first-order chi connectivity index (χ1) is 10.8. The lowest BCUT2D eigenvalue weighted by atomic mass is 10.1. The van der Waals surface area contributed by atoms with Crippen molar-refractivity contribution in [2.75, 3.05) is 26.8 Å². The van der Waals surface area contributed by atoms with E-state index >= 15 is 0 Å². The Labute approximate surface area is 133 Å². The molecule has 1 aromatic carbocycles. The van der Waals surface area contributed by atoms with Gasteiger partial charge in [0.1, 0.15) is 0 Å². The van der Waals surface area contributed by atoms with Crippen LogP contribution in [0.1, 0.15) is 30.9 Å². The minimum atomic E-state index is 0.317. The molecule has 0 spiro atoms. The van der Waals surface area contributed by atoms with E-state index in [1.54, 1.807) is 7.11 Å². The first kappa shape index (κ1) is 16.8. The van der Waals surface area contributed by atoms with Crippen LogP contribution >= 0.6 is 0 Å². The van der Waals surface area contributed by atoms with E-state index in [0.29, 0.717) is 19.3 Å². The van der Waals surface area contributed by atoms with E-state index in [1.807, 2.05) is 0 Å². The van der Waals surface area contributed by atoms with Crippen molar-refractivity contribution in [1.82, 2.24) is 10.6 Å². The summed E-state index contributed by atoms with van der Waals surface area (Å²) in [5.74, 6) is 0.846. The van der Waals surface area contributed by atoms with E-state index in [2.05, 4.69) is 46.8 Å². The number of guanidine groups is 1. The molecule has 5 heteroatoms. The average Bonchev–Trinajstić information content (AvgIpc) is 3.05. The van der Waals surface area contributed by atoms with Crippen molar-refractivity contribution in [3.63, 3.8) is 0 Å². The molecule has 22 heavy (non-hydrogen) atoms. The van der Waals surface area contributed by atoms with Crippen molar-refractivity contribution in [3.05, 3.63) is 35.4 Å². The highest BCUT2D eigenvalue weighted by atomic mass is 16.5. The average molecular weight is 305 g/mol. The molecule has 1 aromatic rings. The van der Waals surface area contributed by atoms with Gasteiger partial charge in [0.15, 0.2) is 5.96 Å². The summed E-state index contributed by atoms with van der Waals surface area (Å²) in [6, 6.07) is 8.37. The van der Waals surface area contributed by atoms with Crippen LogP contribution in [0.4, 0.5) is 0 Å². The predicted octanol–water partition coefficient (Wildman–Crippen LogP) is 2.07. The van der Waals surface area contributed by atoms with Crippen LogP contribution in [0.5, 0.6) is 0 Å². The van der Waals surface area contributed by atoms with Gasteiger partial charge in [-0.3, -0.25) is 0 Å². The Morgan fingerprint density at radius 2 is 2.05 bits per heavy atom. The number of benzene rings is 1. The van der Waals surface area contributed by atoms with Gasteiger partial charge in [-0.05, 0) is 30.9 Å². The van der Waals surface area contributed by atoms with Crippen LogP contribution in [-0.2, 0) is 22.6 Å². The number of hydrogen-bond donors (Lipinski definition) is 2. The number of ether oxygens (including phenoxy) is 2. The highest BCUT2D eigenvalue weighted by molar-refractivity contribution is 5.79. The Morgan fingerprint density at radius 3 is 2.68 bits per heavy atom. The smallest absolute Gasteiger partial charge is 0.191 e. The molecule has 1 unspecified atom stereocenters. The van der Waals surface area contributed by atoms with Gasteiger partial charge in [-0.25, -0.2) is 4.99 Å². The molecule has 0 radical (unpaired) electrons. The maximum absolute atomic E-state index is 5.62. The summed E-state index contributed by atoms with van der Waals surface area (Å²) in [6.45, 7) is 5.93. The van der Waals surface area contributed by atoms with Gasteiger partial charge >= 0.3 is 0 Å². The Bertz CT molecular complexity index is 453. The highest BCUT2D eigenvalue weighted by Gasteiger charge is 2.15. The summed E-state index contributed by atoms with van der Waals surface area (Å²) in [6.07, 6.45) is 2.61. The minimum absolute atomic E-state index is 0.317. The Hall–Kier alpha value is -1.59. The van der Waals surface area contributed by atoms with Gasteiger partial charge in [0, 0.05) is 26.8 Å². The van der Waals surface area contributed by atoms with Gasteiger partial charge in [0.2, 0.25) is 0 Å². The molecule has 0 aliphatic carbocycles. The number of aliphatic imine (C=N–C) groups is 1. The highest BCUT2D eigenvalue weighted by Crippen LogP contribution is 2.10. The van der Waals surface area contributed by atoms with Crippen molar-refractivity contribution >= 4 is 5.96 Å². The first-order valence-electron chi connectivity index (χ1n) is 8.02. The van der Waals surface area contributed by atoms with Gasteiger partial charge in [0.25, 0.3) is 0 Å². The van der Waals surface area contributed by atoms with Gasteiger partial charge in [0.05, 0.1) is 19.3 Å². The lowest BCUT2D eigenvalue weighted by Gasteiger charge is -2.14. The maximum Gasteiger partial charge on any atom is 0.191 e. The molecular weight excluding hydrogens is 278 g/mol. The second kappa shape index (κ2) is 9.43. The van der Waals surface area contributed by atoms with Crippen molar-refractivity contribution in [2.45, 2.75) is 39.0 Å². The lowest BCUT2D eigenvalue weighted by molar-refractivity contribution is 0.114. The molecule has 1 saturated heterocycles. The molecule has 122 valence electrons. The van der Waals surface area contributed by atoms with E-state index in [-0.39, 0.29) is 0 Å². The zero-order chi connectivity index (χ0) is 15.6. The van der Waals surface area contributed by atoms with Crippen molar-refractivity contribution in [1.29, 1.82) is 0 Å². The molecule has 2 rings (SSSR count). The second-order valence-electron chi connectivity index (χ2n) is 5.46. The van der Waals surface area contributed by atoms with Crippen LogP contribution < -0.4 is 10.6 Å². The van der Waals surface area contributed by atoms with Crippen molar-refractivity contribution in [2.24, 2.45) is 4.99 Å². The fraction of sp³-hybridized carbons (Fsp3) is 0.588. The van der Waals surface area contributed by atoms with Crippen LogP contribution in [0, 0.1) is 0 Å². The van der Waals surface area contributed by atoms with Crippen molar-refractivity contribution < 1.29 is 9.47 Å². The Kier molecular flexibility index (Phi) is 7.19. The number of nitrogens with one attached hydrogen (secondary N) is 2. The molecule has 1 aliphatic heterocycles. The van der Waals surface area contributed by atoms with Gasteiger partial charge in [-0.1, -0.05) is 24.3 Å². The monoisotopic (exact) mass is 305 g/mol. The molecule has 0 aromatic heterocycles. The number of rotatable bonds is 7. The third kappa shape index (κ3) is 5.66. The molecule has 1 atom stereocenters. The normalized spacial score (nSPS) is 18.5. The van der Waals surface area contributed by atoms with E-state index in [4.69, 9.17) is 9.47 Å². The minimum Gasteiger partial charge on any atom is -0.380 e. The van der Waals surface area contributed by atoms with Crippen molar-refractivity contribution in [3.8, 4) is 0 Å². The third-order valence-corrected chi connectivity index (χ3v) is 3.62. The molecule has 0 amide bonds. The molecule has 0 bridgehead atoms. The van der Waals surface area contributed by atoms with Gasteiger partial charge in [-0.2, -0.15) is 0 Å². The van der Waals surface area contributed by atoms with E-state index < -0.39 is 0 Å². The zero-order valence-corrected chi connectivity index (χ0v) is 13.6. The van der Waals surface area contributed by atoms with Gasteiger partial charge in [-0.15, -0.1) is 0 Å². The Balaban J connectivity index is 1.85. The molecule has 1 aliphatic rings. The summed E-state index contributed by atoms with van der Waals surface area (Å²) < 4.78 is 10.7. The van der Waals surface area contributed by atoms with Gasteiger partial charge < -0.3 is 20.1 Å². The number of hydrogen-bond acceptors (Lipinski definition) is 3. The molecule has 5 nitrogen and oxygen atoms in total. The van der Waals surface area contributed by atoms with Crippen LogP contribution in [0.15, 0.2) is 29.3 Å². The summed E-state index contributed by atoms with van der Waals surface area (Å²) in [5.41, 5.74) is 2.37. The molecule has 1 fully saturated rings. The van der Waals surface area contributed by atoms with E-state index in [0.717, 1.165) is 38.5 Å².